The molecule has 5 heteroatoms. The molecule has 126 valence electrons. The van der Waals surface area contributed by atoms with E-state index in [0.29, 0.717) is 29.9 Å². The van der Waals surface area contributed by atoms with Gasteiger partial charge in [-0.15, -0.1) is 0 Å². The predicted molar refractivity (Wildman–Crippen MR) is 92.7 cm³/mol. The van der Waals surface area contributed by atoms with E-state index < -0.39 is 6.10 Å². The summed E-state index contributed by atoms with van der Waals surface area (Å²) < 4.78 is 11.2. The number of aliphatic hydroxyl groups is 1. The number of fused-ring (bicyclic) bond motifs is 2. The number of carbonyl (C=O) groups excluding carboxylic acids is 1. The third-order valence-corrected chi connectivity index (χ3v) is 5.25. The summed E-state index contributed by atoms with van der Waals surface area (Å²) in [6, 6.07) is 4.11. The van der Waals surface area contributed by atoms with Crippen molar-refractivity contribution in [2.24, 2.45) is 0 Å². The van der Waals surface area contributed by atoms with Gasteiger partial charge in [0, 0.05) is 35.6 Å². The average molecular weight is 327 g/mol. The highest BCUT2D eigenvalue weighted by atomic mass is 16.5. The van der Waals surface area contributed by atoms with Crippen LogP contribution in [0, 0.1) is 0 Å². The Balaban J connectivity index is 2.20. The van der Waals surface area contributed by atoms with Gasteiger partial charge in [0.25, 0.3) is 0 Å². The van der Waals surface area contributed by atoms with Crippen molar-refractivity contribution in [3.8, 4) is 11.5 Å². The highest BCUT2D eigenvalue weighted by Gasteiger charge is 2.33. The summed E-state index contributed by atoms with van der Waals surface area (Å²) in [6.07, 6.45) is 1.11. The first kappa shape index (κ1) is 15.3. The molecule has 0 amide bonds. The number of methoxy groups -OCH3 is 2. The van der Waals surface area contributed by atoms with Gasteiger partial charge < -0.3 is 19.5 Å². The van der Waals surface area contributed by atoms with E-state index in [1.54, 1.807) is 14.2 Å². The molecule has 0 bridgehead atoms. The molecule has 1 aliphatic carbocycles. The quantitative estimate of drug-likeness (QED) is 0.917. The molecule has 2 aliphatic rings. The summed E-state index contributed by atoms with van der Waals surface area (Å²) in [4.78, 5) is 15.0. The zero-order valence-corrected chi connectivity index (χ0v) is 14.2. The highest BCUT2D eigenvalue weighted by molar-refractivity contribution is 6.18. The van der Waals surface area contributed by atoms with Crippen LogP contribution >= 0.6 is 0 Å². The van der Waals surface area contributed by atoms with E-state index in [1.165, 1.54) is 0 Å². The Hall–Kier alpha value is -2.27. The molecule has 4 rings (SSSR count). The molecule has 5 nitrogen and oxygen atoms in total. The smallest absolute Gasteiger partial charge is 0.192 e. The second kappa shape index (κ2) is 5.38. The summed E-state index contributed by atoms with van der Waals surface area (Å²) in [5.74, 6) is 0.998. The normalized spacial score (nSPS) is 19.4. The van der Waals surface area contributed by atoms with E-state index in [1.807, 2.05) is 6.07 Å². The Morgan fingerprint density at radius 1 is 1.12 bits per heavy atom. The lowest BCUT2D eigenvalue weighted by Crippen LogP contribution is -2.30. The molecule has 0 saturated carbocycles. The molecule has 1 N–H and O–H groups in total. The van der Waals surface area contributed by atoms with Gasteiger partial charge in [0.05, 0.1) is 14.2 Å². The number of aryl methyl sites for hydroxylation is 1. The van der Waals surface area contributed by atoms with Crippen molar-refractivity contribution >= 4 is 22.2 Å². The predicted octanol–water partition coefficient (Wildman–Crippen LogP) is 2.34. The van der Waals surface area contributed by atoms with Crippen LogP contribution in [-0.4, -0.2) is 44.8 Å². The third kappa shape index (κ3) is 1.94. The molecule has 1 aliphatic heterocycles. The molecule has 0 spiro atoms. The molecular formula is C19H21NO4. The summed E-state index contributed by atoms with van der Waals surface area (Å²) in [6.45, 7) is 0.924. The van der Waals surface area contributed by atoms with E-state index in [9.17, 15) is 9.90 Å². The monoisotopic (exact) mass is 327 g/mol. The summed E-state index contributed by atoms with van der Waals surface area (Å²) in [5.41, 5.74) is 3.86. The number of carbonyl (C=O) groups is 1. The first-order chi connectivity index (χ1) is 11.6. The van der Waals surface area contributed by atoms with Gasteiger partial charge in [0.15, 0.2) is 17.3 Å². The molecule has 0 unspecified atom stereocenters. The minimum atomic E-state index is -0.938. The first-order valence-corrected chi connectivity index (χ1v) is 8.23. The number of hydrogen-bond acceptors (Lipinski definition) is 5. The number of Topliss-reactive ketones (excluding diaryl/α,β-unsaturated/α-hetero) is 1. The Bertz CT molecular complexity index is 859. The van der Waals surface area contributed by atoms with Crippen LogP contribution in [-0.2, 0) is 12.8 Å². The Labute approximate surface area is 140 Å². The van der Waals surface area contributed by atoms with Crippen molar-refractivity contribution in [1.82, 2.24) is 0 Å². The molecule has 2 aromatic carbocycles. The van der Waals surface area contributed by atoms with Crippen LogP contribution in [0.1, 0.15) is 27.9 Å². The van der Waals surface area contributed by atoms with Gasteiger partial charge in [-0.2, -0.15) is 0 Å². The molecule has 0 fully saturated rings. The number of aliphatic hydroxyl groups excluding tert-OH is 1. The van der Waals surface area contributed by atoms with Gasteiger partial charge >= 0.3 is 0 Å². The lowest BCUT2D eigenvalue weighted by Gasteiger charge is -2.32. The lowest BCUT2D eigenvalue weighted by atomic mass is 9.81. The number of ketones is 1. The van der Waals surface area contributed by atoms with E-state index in [2.05, 4.69) is 18.0 Å². The van der Waals surface area contributed by atoms with Crippen LogP contribution in [0.3, 0.4) is 0 Å². The standard InChI is InChI=1S/C19H21NO4/c1-20-7-6-11-9-14(23-2)19(24-3)17-15(11)12(20)8-10-4-5-13(21)18(22)16(10)17/h8-9,13,21H,4-7H2,1-3H3/t13-/m1/s1. The van der Waals surface area contributed by atoms with Crippen LogP contribution < -0.4 is 14.4 Å². The lowest BCUT2D eigenvalue weighted by molar-refractivity contribution is 0.0714. The van der Waals surface area contributed by atoms with Crippen molar-refractivity contribution in [1.29, 1.82) is 0 Å². The van der Waals surface area contributed by atoms with Gasteiger partial charge in [0.1, 0.15) is 6.10 Å². The zero-order chi connectivity index (χ0) is 17.0. The molecule has 1 atom stereocenters. The number of hydrogen-bond donors (Lipinski definition) is 1. The molecule has 0 saturated heterocycles. The van der Waals surface area contributed by atoms with Crippen LogP contribution in [0.25, 0.3) is 10.8 Å². The van der Waals surface area contributed by atoms with Crippen LogP contribution in [0.4, 0.5) is 5.69 Å². The van der Waals surface area contributed by atoms with E-state index >= 15 is 0 Å². The Kier molecular flexibility index (Phi) is 3.42. The van der Waals surface area contributed by atoms with Crippen LogP contribution in [0.5, 0.6) is 11.5 Å². The molecule has 2 aromatic rings. The van der Waals surface area contributed by atoms with E-state index in [4.69, 9.17) is 9.47 Å². The van der Waals surface area contributed by atoms with Gasteiger partial charge in [-0.1, -0.05) is 0 Å². The fraction of sp³-hybridized carbons (Fsp3) is 0.421. The largest absolute Gasteiger partial charge is 0.493 e. The summed E-state index contributed by atoms with van der Waals surface area (Å²) in [7, 11) is 5.27. The van der Waals surface area contributed by atoms with E-state index in [-0.39, 0.29) is 5.78 Å². The summed E-state index contributed by atoms with van der Waals surface area (Å²) in [5, 5.41) is 11.9. The van der Waals surface area contributed by atoms with Crippen molar-refractivity contribution in [3.63, 3.8) is 0 Å². The highest BCUT2D eigenvalue weighted by Crippen LogP contribution is 2.47. The molecule has 24 heavy (non-hydrogen) atoms. The Morgan fingerprint density at radius 3 is 2.62 bits per heavy atom. The maximum atomic E-state index is 12.7. The number of anilines is 1. The molecule has 1 heterocycles. The van der Waals surface area contributed by atoms with Gasteiger partial charge in [-0.3, -0.25) is 4.79 Å². The zero-order valence-electron chi connectivity index (χ0n) is 14.2. The Morgan fingerprint density at radius 2 is 1.92 bits per heavy atom. The number of ether oxygens (including phenoxy) is 2. The van der Waals surface area contributed by atoms with Crippen LogP contribution in [0.15, 0.2) is 12.1 Å². The van der Waals surface area contributed by atoms with Crippen molar-refractivity contribution in [2.75, 3.05) is 32.7 Å². The average Bonchev–Trinajstić information content (AvgIpc) is 2.60. The number of nitrogens with zero attached hydrogens (tertiary/aromatic N) is 1. The van der Waals surface area contributed by atoms with Crippen molar-refractivity contribution in [2.45, 2.75) is 25.4 Å². The molecular weight excluding hydrogens is 306 g/mol. The van der Waals surface area contributed by atoms with Gasteiger partial charge in [-0.05, 0) is 42.5 Å². The number of benzene rings is 2. The number of rotatable bonds is 2. The maximum Gasteiger partial charge on any atom is 0.192 e. The minimum Gasteiger partial charge on any atom is -0.493 e. The van der Waals surface area contributed by atoms with E-state index in [0.717, 1.165) is 40.6 Å². The maximum absolute atomic E-state index is 12.7. The summed E-state index contributed by atoms with van der Waals surface area (Å²) >= 11 is 0. The van der Waals surface area contributed by atoms with Gasteiger partial charge in [-0.25, -0.2) is 0 Å². The fourth-order valence-corrected chi connectivity index (χ4v) is 4.02. The SMILES string of the molecule is COc1cc2c3c(cc4c(c3c1OC)C(=O)[C@H](O)CC4)N(C)CC2. The number of likely N-dealkylation sites (N-methyl/N-ethyl adjacent to an activating group) is 1. The molecule has 0 aromatic heterocycles. The second-order valence-corrected chi connectivity index (χ2v) is 6.54. The minimum absolute atomic E-state index is 0.214. The third-order valence-electron chi connectivity index (χ3n) is 5.25. The van der Waals surface area contributed by atoms with Crippen molar-refractivity contribution in [3.05, 3.63) is 28.8 Å². The fourth-order valence-electron chi connectivity index (χ4n) is 4.02. The first-order valence-electron chi connectivity index (χ1n) is 8.23. The second-order valence-electron chi connectivity index (χ2n) is 6.54. The van der Waals surface area contributed by atoms with Crippen LogP contribution in [0.2, 0.25) is 0 Å². The van der Waals surface area contributed by atoms with Gasteiger partial charge in [0.2, 0.25) is 0 Å². The molecule has 0 radical (unpaired) electrons. The van der Waals surface area contributed by atoms with Crippen molar-refractivity contribution < 1.29 is 19.4 Å². The topological polar surface area (TPSA) is 59.0 Å².